The Kier molecular flexibility index (Phi) is 3.46. The number of nitrogens with zero attached hydrogens (tertiary/aromatic N) is 3. The summed E-state index contributed by atoms with van der Waals surface area (Å²) >= 11 is 11.7. The zero-order valence-electron chi connectivity index (χ0n) is 8.41. The SMILES string of the molecule is O=C1CN(c2cc(Cl)nnc2Cl)CCCN1. The number of rotatable bonds is 1. The maximum Gasteiger partial charge on any atom is 0.239 e. The molecule has 2 rings (SSSR count). The number of hydrogen-bond donors (Lipinski definition) is 1. The highest BCUT2D eigenvalue weighted by Crippen LogP contribution is 2.25. The summed E-state index contributed by atoms with van der Waals surface area (Å²) in [5, 5.41) is 10.7. The van der Waals surface area contributed by atoms with Crippen molar-refractivity contribution < 1.29 is 4.79 Å². The molecular weight excluding hydrogens is 251 g/mol. The van der Waals surface area contributed by atoms with Crippen LogP contribution in [-0.4, -0.2) is 35.7 Å². The van der Waals surface area contributed by atoms with Gasteiger partial charge >= 0.3 is 0 Å². The van der Waals surface area contributed by atoms with Crippen LogP contribution in [0.3, 0.4) is 0 Å². The van der Waals surface area contributed by atoms with Crippen molar-refractivity contribution in [1.29, 1.82) is 0 Å². The van der Waals surface area contributed by atoms with E-state index in [-0.39, 0.29) is 22.8 Å². The molecule has 0 atom stereocenters. The van der Waals surface area contributed by atoms with Gasteiger partial charge in [0.05, 0.1) is 12.2 Å². The minimum absolute atomic E-state index is 0.0264. The molecule has 7 heteroatoms. The van der Waals surface area contributed by atoms with Gasteiger partial charge in [0, 0.05) is 19.2 Å². The van der Waals surface area contributed by atoms with E-state index >= 15 is 0 Å². The molecule has 5 nitrogen and oxygen atoms in total. The first-order chi connectivity index (χ1) is 7.66. The Balaban J connectivity index is 2.27. The van der Waals surface area contributed by atoms with Crippen LogP contribution in [0.15, 0.2) is 6.07 Å². The number of hydrogen-bond acceptors (Lipinski definition) is 4. The third-order valence-electron chi connectivity index (χ3n) is 2.30. The topological polar surface area (TPSA) is 58.1 Å². The van der Waals surface area contributed by atoms with Gasteiger partial charge in [-0.25, -0.2) is 0 Å². The summed E-state index contributed by atoms with van der Waals surface area (Å²) in [7, 11) is 0. The van der Waals surface area contributed by atoms with E-state index in [2.05, 4.69) is 15.5 Å². The highest BCUT2D eigenvalue weighted by atomic mass is 35.5. The Hall–Kier alpha value is -1.07. The standard InChI is InChI=1S/C9H10Cl2N4O/c10-7-4-6(9(11)14-13-7)15-3-1-2-12-8(16)5-15/h4H,1-3,5H2,(H,12,16). The van der Waals surface area contributed by atoms with Gasteiger partial charge in [-0.1, -0.05) is 23.2 Å². The van der Waals surface area contributed by atoms with E-state index < -0.39 is 0 Å². The first-order valence-electron chi connectivity index (χ1n) is 4.87. The normalized spacial score (nSPS) is 16.9. The second-order valence-electron chi connectivity index (χ2n) is 3.47. The fourth-order valence-corrected chi connectivity index (χ4v) is 1.93. The summed E-state index contributed by atoms with van der Waals surface area (Å²) in [6.07, 6.45) is 0.863. The van der Waals surface area contributed by atoms with Gasteiger partial charge < -0.3 is 10.2 Å². The van der Waals surface area contributed by atoms with Gasteiger partial charge in [0.2, 0.25) is 5.91 Å². The Morgan fingerprint density at radius 2 is 2.19 bits per heavy atom. The zero-order chi connectivity index (χ0) is 11.5. The lowest BCUT2D eigenvalue weighted by Crippen LogP contribution is -2.33. The predicted octanol–water partition coefficient (Wildman–Crippen LogP) is 1.11. The fraction of sp³-hybridized carbons (Fsp3) is 0.444. The molecule has 0 aromatic carbocycles. The third kappa shape index (κ3) is 2.54. The molecule has 16 heavy (non-hydrogen) atoms. The zero-order valence-corrected chi connectivity index (χ0v) is 9.92. The number of halogens is 2. The fourth-order valence-electron chi connectivity index (χ4n) is 1.58. The summed E-state index contributed by atoms with van der Waals surface area (Å²) in [6, 6.07) is 1.62. The quantitative estimate of drug-likeness (QED) is 0.822. The minimum Gasteiger partial charge on any atom is -0.360 e. The first-order valence-corrected chi connectivity index (χ1v) is 5.63. The lowest BCUT2D eigenvalue weighted by Gasteiger charge is -2.21. The number of nitrogens with one attached hydrogen (secondary N) is 1. The van der Waals surface area contributed by atoms with Crippen molar-refractivity contribution in [2.45, 2.75) is 6.42 Å². The van der Waals surface area contributed by atoms with Crippen molar-refractivity contribution in [1.82, 2.24) is 15.5 Å². The van der Waals surface area contributed by atoms with Gasteiger partial charge in [-0.2, -0.15) is 0 Å². The summed E-state index contributed by atoms with van der Waals surface area (Å²) < 4.78 is 0. The van der Waals surface area contributed by atoms with Crippen molar-refractivity contribution >= 4 is 34.8 Å². The maximum atomic E-state index is 11.4. The molecule has 1 aromatic rings. The lowest BCUT2D eigenvalue weighted by atomic mass is 10.3. The number of carbonyl (C=O) groups is 1. The first kappa shape index (κ1) is 11.4. The van der Waals surface area contributed by atoms with Crippen molar-refractivity contribution in [2.75, 3.05) is 24.5 Å². The monoisotopic (exact) mass is 260 g/mol. The van der Waals surface area contributed by atoms with Gasteiger partial charge in [-0.15, -0.1) is 10.2 Å². The molecule has 0 bridgehead atoms. The summed E-state index contributed by atoms with van der Waals surface area (Å²) in [6.45, 7) is 1.68. The Morgan fingerprint density at radius 3 is 3.00 bits per heavy atom. The van der Waals surface area contributed by atoms with Crippen LogP contribution in [-0.2, 0) is 4.79 Å². The lowest BCUT2D eigenvalue weighted by molar-refractivity contribution is -0.119. The molecule has 0 spiro atoms. The highest BCUT2D eigenvalue weighted by Gasteiger charge is 2.18. The van der Waals surface area contributed by atoms with E-state index in [0.29, 0.717) is 12.2 Å². The number of carbonyl (C=O) groups excluding carboxylic acids is 1. The van der Waals surface area contributed by atoms with Gasteiger partial charge in [0.25, 0.3) is 0 Å². The average molecular weight is 261 g/mol. The molecule has 1 N–H and O–H groups in total. The van der Waals surface area contributed by atoms with Gasteiger partial charge in [0.1, 0.15) is 0 Å². The smallest absolute Gasteiger partial charge is 0.239 e. The number of anilines is 1. The van der Waals surface area contributed by atoms with Crippen LogP contribution in [0.25, 0.3) is 0 Å². The molecule has 2 heterocycles. The number of amides is 1. The van der Waals surface area contributed by atoms with Crippen LogP contribution in [0.5, 0.6) is 0 Å². The Bertz CT molecular complexity index is 412. The highest BCUT2D eigenvalue weighted by molar-refractivity contribution is 6.33. The van der Waals surface area contributed by atoms with Crippen LogP contribution < -0.4 is 10.2 Å². The molecule has 1 aromatic heterocycles. The van der Waals surface area contributed by atoms with Gasteiger partial charge in [0.15, 0.2) is 10.3 Å². The summed E-state index contributed by atoms with van der Waals surface area (Å²) in [5.74, 6) is -0.0264. The van der Waals surface area contributed by atoms with E-state index in [1.807, 2.05) is 4.90 Å². The molecule has 1 aliphatic rings. The maximum absolute atomic E-state index is 11.4. The van der Waals surface area contributed by atoms with Crippen LogP contribution in [0.1, 0.15) is 6.42 Å². The summed E-state index contributed by atoms with van der Waals surface area (Å²) in [4.78, 5) is 13.3. The van der Waals surface area contributed by atoms with E-state index in [9.17, 15) is 4.79 Å². The molecular formula is C9H10Cl2N4O. The molecule has 1 aliphatic heterocycles. The largest absolute Gasteiger partial charge is 0.360 e. The molecule has 0 unspecified atom stereocenters. The van der Waals surface area contributed by atoms with E-state index in [1.54, 1.807) is 6.07 Å². The van der Waals surface area contributed by atoms with Gasteiger partial charge in [-0.05, 0) is 6.42 Å². The second kappa shape index (κ2) is 4.84. The molecule has 1 saturated heterocycles. The minimum atomic E-state index is -0.0264. The molecule has 1 amide bonds. The van der Waals surface area contributed by atoms with Crippen molar-refractivity contribution in [3.63, 3.8) is 0 Å². The van der Waals surface area contributed by atoms with Crippen molar-refractivity contribution in [2.24, 2.45) is 0 Å². The Morgan fingerprint density at radius 1 is 1.38 bits per heavy atom. The Labute approximate surface area is 103 Å². The predicted molar refractivity (Wildman–Crippen MR) is 61.9 cm³/mol. The summed E-state index contributed by atoms with van der Waals surface area (Å²) in [5.41, 5.74) is 0.652. The molecule has 0 radical (unpaired) electrons. The van der Waals surface area contributed by atoms with Crippen LogP contribution in [0, 0.1) is 0 Å². The van der Waals surface area contributed by atoms with Crippen LogP contribution >= 0.6 is 23.2 Å². The van der Waals surface area contributed by atoms with E-state index in [4.69, 9.17) is 23.2 Å². The van der Waals surface area contributed by atoms with Crippen LogP contribution in [0.2, 0.25) is 10.3 Å². The second-order valence-corrected chi connectivity index (χ2v) is 4.21. The molecule has 1 fully saturated rings. The molecule has 0 saturated carbocycles. The van der Waals surface area contributed by atoms with Crippen molar-refractivity contribution in [3.8, 4) is 0 Å². The van der Waals surface area contributed by atoms with E-state index in [1.165, 1.54) is 0 Å². The van der Waals surface area contributed by atoms with Gasteiger partial charge in [-0.3, -0.25) is 4.79 Å². The average Bonchev–Trinajstić information content (AvgIpc) is 2.46. The molecule has 0 aliphatic carbocycles. The number of aromatic nitrogens is 2. The third-order valence-corrected chi connectivity index (χ3v) is 2.76. The molecule has 86 valence electrons. The van der Waals surface area contributed by atoms with E-state index in [0.717, 1.165) is 13.0 Å². The van der Waals surface area contributed by atoms with Crippen LogP contribution in [0.4, 0.5) is 5.69 Å². The van der Waals surface area contributed by atoms with Crippen molar-refractivity contribution in [3.05, 3.63) is 16.4 Å².